The first-order chi connectivity index (χ1) is 16.6. The molecule has 3 N–H and O–H groups in total. The van der Waals surface area contributed by atoms with E-state index in [0.29, 0.717) is 28.6 Å². The van der Waals surface area contributed by atoms with Gasteiger partial charge in [0, 0.05) is 24.2 Å². The Morgan fingerprint density at radius 2 is 1.62 bits per heavy atom. The zero-order chi connectivity index (χ0) is 23.9. The molecule has 176 valence electrons. The number of amides is 3. The number of hydrazine groups is 1. The predicted molar refractivity (Wildman–Crippen MR) is 133 cm³/mol. The molecule has 0 bridgehead atoms. The molecular formula is C26H28N4O3S. The molecule has 3 aromatic rings. The van der Waals surface area contributed by atoms with Crippen molar-refractivity contribution in [1.82, 2.24) is 21.2 Å². The van der Waals surface area contributed by atoms with Crippen LogP contribution in [0.3, 0.4) is 0 Å². The van der Waals surface area contributed by atoms with Crippen molar-refractivity contribution in [3.63, 3.8) is 0 Å². The maximum Gasteiger partial charge on any atom is 0.270 e. The van der Waals surface area contributed by atoms with Crippen molar-refractivity contribution < 1.29 is 14.4 Å². The lowest BCUT2D eigenvalue weighted by Crippen LogP contribution is -2.45. The zero-order valence-corrected chi connectivity index (χ0v) is 19.9. The van der Waals surface area contributed by atoms with Crippen LogP contribution in [0.25, 0.3) is 10.8 Å². The van der Waals surface area contributed by atoms with Gasteiger partial charge in [-0.3, -0.25) is 25.2 Å². The Kier molecular flexibility index (Phi) is 7.80. The second-order valence-electron chi connectivity index (χ2n) is 8.46. The highest BCUT2D eigenvalue weighted by molar-refractivity contribution is 7.98. The van der Waals surface area contributed by atoms with Gasteiger partial charge in [-0.2, -0.15) is 0 Å². The van der Waals surface area contributed by atoms with E-state index in [1.165, 1.54) is 11.8 Å². The Labute approximate surface area is 203 Å². The summed E-state index contributed by atoms with van der Waals surface area (Å²) in [7, 11) is 0. The van der Waals surface area contributed by atoms with Crippen molar-refractivity contribution >= 4 is 40.3 Å². The fraction of sp³-hybridized carbons (Fsp3) is 0.308. The Hall–Kier alpha value is -3.39. The van der Waals surface area contributed by atoms with Gasteiger partial charge in [0.2, 0.25) is 5.91 Å². The van der Waals surface area contributed by atoms with Crippen LogP contribution in [0.1, 0.15) is 46.4 Å². The molecule has 0 aliphatic heterocycles. The van der Waals surface area contributed by atoms with Crippen molar-refractivity contribution in [3.8, 4) is 0 Å². The minimum Gasteiger partial charge on any atom is -0.352 e. The average molecular weight is 477 g/mol. The maximum atomic E-state index is 12.6. The van der Waals surface area contributed by atoms with Crippen molar-refractivity contribution in [1.29, 1.82) is 0 Å². The Morgan fingerprint density at radius 1 is 0.882 bits per heavy atom. The molecule has 0 saturated heterocycles. The number of carbonyl (C=O) groups is 3. The zero-order valence-electron chi connectivity index (χ0n) is 19.0. The fourth-order valence-corrected chi connectivity index (χ4v) is 4.95. The van der Waals surface area contributed by atoms with E-state index in [2.05, 4.69) is 21.2 Å². The molecule has 1 aliphatic rings. The van der Waals surface area contributed by atoms with Crippen LogP contribution in [0.2, 0.25) is 0 Å². The van der Waals surface area contributed by atoms with Crippen LogP contribution in [0.5, 0.6) is 0 Å². The lowest BCUT2D eigenvalue weighted by molar-refractivity contribution is -0.127. The maximum absolute atomic E-state index is 12.6. The Bertz CT molecular complexity index is 1190. The third-order valence-electron chi connectivity index (χ3n) is 6.31. The first-order valence-electron chi connectivity index (χ1n) is 11.4. The number of hydrogen-bond donors (Lipinski definition) is 3. The molecular weight excluding hydrogens is 448 g/mol. The first kappa shape index (κ1) is 23.8. The van der Waals surface area contributed by atoms with Gasteiger partial charge in [0.05, 0.1) is 5.56 Å². The monoisotopic (exact) mass is 476 g/mol. The molecule has 1 fully saturated rings. The molecule has 0 spiro atoms. The smallest absolute Gasteiger partial charge is 0.270 e. The molecule has 1 saturated carbocycles. The van der Waals surface area contributed by atoms with Crippen molar-refractivity contribution in [2.75, 3.05) is 12.8 Å². The van der Waals surface area contributed by atoms with E-state index in [0.717, 1.165) is 36.5 Å². The van der Waals surface area contributed by atoms with Gasteiger partial charge in [-0.15, -0.1) is 11.8 Å². The molecule has 0 atom stereocenters. The summed E-state index contributed by atoms with van der Waals surface area (Å²) in [5.41, 5.74) is 6.27. The quantitative estimate of drug-likeness (QED) is 0.369. The van der Waals surface area contributed by atoms with Crippen LogP contribution in [0.4, 0.5) is 0 Å². The molecule has 8 heteroatoms. The summed E-state index contributed by atoms with van der Waals surface area (Å²) in [6, 6.07) is 16.7. The highest BCUT2D eigenvalue weighted by Crippen LogP contribution is 2.28. The largest absolute Gasteiger partial charge is 0.352 e. The number of hydrogen-bond acceptors (Lipinski definition) is 5. The number of nitrogens with zero attached hydrogens (tertiary/aromatic N) is 1. The molecule has 34 heavy (non-hydrogen) atoms. The topological polar surface area (TPSA) is 100 Å². The summed E-state index contributed by atoms with van der Waals surface area (Å²) in [5.74, 6) is -0.445. The minimum atomic E-state index is -0.332. The van der Waals surface area contributed by atoms with Gasteiger partial charge in [-0.25, -0.2) is 4.98 Å². The van der Waals surface area contributed by atoms with Crippen LogP contribution < -0.4 is 16.2 Å². The minimum absolute atomic E-state index is 0.117. The van der Waals surface area contributed by atoms with E-state index in [-0.39, 0.29) is 23.6 Å². The first-order valence-corrected chi connectivity index (χ1v) is 12.6. The molecule has 3 amide bonds. The molecule has 1 heterocycles. The van der Waals surface area contributed by atoms with E-state index >= 15 is 0 Å². The fourth-order valence-electron chi connectivity index (χ4n) is 4.40. The van der Waals surface area contributed by atoms with Crippen molar-refractivity contribution in [2.24, 2.45) is 11.8 Å². The van der Waals surface area contributed by atoms with Gasteiger partial charge in [0.25, 0.3) is 11.8 Å². The van der Waals surface area contributed by atoms with Gasteiger partial charge in [0.15, 0.2) is 0 Å². The van der Waals surface area contributed by atoms with E-state index in [9.17, 15) is 14.4 Å². The van der Waals surface area contributed by atoms with Crippen LogP contribution >= 0.6 is 11.8 Å². The van der Waals surface area contributed by atoms with Crippen molar-refractivity contribution in [3.05, 3.63) is 71.9 Å². The standard InChI is InChI=1S/C26H28N4O3S/c1-34-26-22(10-5-15-27-26)24(32)28-16-17-11-13-19(14-12-17)23(31)29-30-25(33)21-9-4-7-18-6-2-3-8-20(18)21/h2-10,15,17,19H,11-14,16H2,1H3,(H,28,32)(H,29,31)(H,30,33). The predicted octanol–water partition coefficient (Wildman–Crippen LogP) is 3.95. The third-order valence-corrected chi connectivity index (χ3v) is 7.02. The molecule has 1 aliphatic carbocycles. The SMILES string of the molecule is CSc1ncccc1C(=O)NCC1CCC(C(=O)NNC(=O)c2cccc3ccccc23)CC1. The van der Waals surface area contributed by atoms with Crippen LogP contribution in [0, 0.1) is 11.8 Å². The number of rotatable bonds is 6. The summed E-state index contributed by atoms with van der Waals surface area (Å²) in [6.07, 6.45) is 6.71. The number of benzene rings is 2. The van der Waals surface area contributed by atoms with Gasteiger partial charge in [-0.05, 0) is 66.8 Å². The summed E-state index contributed by atoms with van der Waals surface area (Å²) in [5, 5.41) is 5.54. The van der Waals surface area contributed by atoms with Crippen LogP contribution in [0.15, 0.2) is 65.8 Å². The number of nitrogens with one attached hydrogen (secondary N) is 3. The highest BCUT2D eigenvalue weighted by Gasteiger charge is 2.27. The Morgan fingerprint density at radius 3 is 2.41 bits per heavy atom. The van der Waals surface area contributed by atoms with Gasteiger partial charge < -0.3 is 5.32 Å². The number of carbonyl (C=O) groups excluding carboxylic acids is 3. The second-order valence-corrected chi connectivity index (χ2v) is 9.25. The summed E-state index contributed by atoms with van der Waals surface area (Å²) >= 11 is 1.45. The Balaban J connectivity index is 1.23. The highest BCUT2D eigenvalue weighted by atomic mass is 32.2. The summed E-state index contributed by atoms with van der Waals surface area (Å²) in [6.45, 7) is 0.577. The lowest BCUT2D eigenvalue weighted by Gasteiger charge is -2.28. The van der Waals surface area contributed by atoms with E-state index in [1.807, 2.05) is 42.7 Å². The third kappa shape index (κ3) is 5.56. The molecule has 7 nitrogen and oxygen atoms in total. The number of pyridine rings is 1. The number of thioether (sulfide) groups is 1. The lowest BCUT2D eigenvalue weighted by atomic mass is 9.81. The molecule has 0 unspecified atom stereocenters. The molecule has 1 aromatic heterocycles. The van der Waals surface area contributed by atoms with E-state index < -0.39 is 0 Å². The van der Waals surface area contributed by atoms with Crippen molar-refractivity contribution in [2.45, 2.75) is 30.7 Å². The van der Waals surface area contributed by atoms with Crippen LogP contribution in [-0.2, 0) is 4.79 Å². The van der Waals surface area contributed by atoms with Gasteiger partial charge in [-0.1, -0.05) is 36.4 Å². The van der Waals surface area contributed by atoms with E-state index in [1.54, 1.807) is 24.4 Å². The summed E-state index contributed by atoms with van der Waals surface area (Å²) in [4.78, 5) is 42.0. The van der Waals surface area contributed by atoms with E-state index in [4.69, 9.17) is 0 Å². The normalized spacial score (nSPS) is 17.7. The number of fused-ring (bicyclic) bond motifs is 1. The molecule has 0 radical (unpaired) electrons. The van der Waals surface area contributed by atoms with Crippen LogP contribution in [-0.4, -0.2) is 35.5 Å². The van der Waals surface area contributed by atoms with Gasteiger partial charge >= 0.3 is 0 Å². The molecule has 4 rings (SSSR count). The second kappa shape index (κ2) is 11.2. The average Bonchev–Trinajstić information content (AvgIpc) is 2.90. The molecule has 2 aromatic carbocycles. The van der Waals surface area contributed by atoms with Gasteiger partial charge in [0.1, 0.15) is 5.03 Å². The summed E-state index contributed by atoms with van der Waals surface area (Å²) < 4.78 is 0. The number of aromatic nitrogens is 1.